The summed E-state index contributed by atoms with van der Waals surface area (Å²) >= 11 is 0. The van der Waals surface area contributed by atoms with Crippen molar-refractivity contribution in [1.29, 1.82) is 0 Å². The van der Waals surface area contributed by atoms with E-state index in [4.69, 9.17) is 14.2 Å². The second-order valence-electron chi connectivity index (χ2n) is 18.9. The largest absolute Gasteiger partial charge is 0.466 e. The molecule has 1 rings (SSSR count). The van der Waals surface area contributed by atoms with Crippen LogP contribution < -0.4 is 5.32 Å². The van der Waals surface area contributed by atoms with Gasteiger partial charge in [-0.3, -0.25) is 9.59 Å². The summed E-state index contributed by atoms with van der Waals surface area (Å²) < 4.78 is 16.6. The minimum absolute atomic E-state index is 0.0362. The molecule has 1 fully saturated rings. The van der Waals surface area contributed by atoms with Crippen molar-refractivity contribution in [2.75, 3.05) is 19.8 Å². The van der Waals surface area contributed by atoms with Crippen LogP contribution in [0.25, 0.3) is 0 Å². The second kappa shape index (κ2) is 46.0. The number of carbonyl (C=O) groups is 2. The van der Waals surface area contributed by atoms with Gasteiger partial charge in [0.05, 0.1) is 32.0 Å². The highest BCUT2D eigenvalue weighted by molar-refractivity contribution is 5.76. The van der Waals surface area contributed by atoms with Crippen molar-refractivity contribution in [3.05, 3.63) is 48.6 Å². The molecule has 0 aromatic rings. The summed E-state index contributed by atoms with van der Waals surface area (Å²) in [4.78, 5) is 25.0. The van der Waals surface area contributed by atoms with Crippen LogP contribution in [-0.4, -0.2) is 100 Å². The number of ether oxygens (including phenoxy) is 3. The van der Waals surface area contributed by atoms with Crippen molar-refractivity contribution in [2.45, 2.75) is 275 Å². The molecule has 0 aromatic carbocycles. The fraction of sp³-hybridized carbons (Fsp3) is 0.821. The van der Waals surface area contributed by atoms with Crippen molar-refractivity contribution in [3.63, 3.8) is 0 Å². The Morgan fingerprint density at radius 2 is 0.985 bits per heavy atom. The first-order valence-corrected chi connectivity index (χ1v) is 27.4. The minimum atomic E-state index is -1.58. The van der Waals surface area contributed by atoms with Gasteiger partial charge >= 0.3 is 5.97 Å². The number of aliphatic hydroxyl groups is 5. The van der Waals surface area contributed by atoms with Crippen LogP contribution >= 0.6 is 0 Å². The SMILES string of the molecule is CCCC/C=C\CCCCCCCC(=O)OCCCCCCCCCCCCCCCCC(=O)NC(COC1OC(CO)C(O)C(O)C1O)C(O)/C=C/CC/C=C/CC/C=C/CCCCCC. The molecule has 1 saturated heterocycles. The summed E-state index contributed by atoms with van der Waals surface area (Å²) in [6.07, 6.45) is 46.1. The molecule has 0 radical (unpaired) electrons. The fourth-order valence-electron chi connectivity index (χ4n) is 8.21. The smallest absolute Gasteiger partial charge is 0.305 e. The standard InChI is InChI=1S/C56H101NO10/c1-3-5-7-9-11-13-15-16-19-23-26-30-34-38-42-49(59)48(47-66-56-55(64)54(63)53(62)50(46-58)67-56)57-51(60)43-39-35-31-27-24-20-17-18-21-25-29-33-37-41-45-65-52(61)44-40-36-32-28-22-14-12-10-8-6-4-2/h10,12-13,15,23,26,38,42,48-50,53-56,58-59,62-64H,3-9,11,14,16-22,24-25,27-37,39-41,43-47H2,1-2H3,(H,57,60)/b12-10-,15-13+,26-23+,42-38+. The first-order valence-electron chi connectivity index (χ1n) is 27.4. The van der Waals surface area contributed by atoms with E-state index in [1.165, 1.54) is 122 Å². The Bertz CT molecular complexity index is 1250. The summed E-state index contributed by atoms with van der Waals surface area (Å²) in [5, 5.41) is 54.3. The number of esters is 1. The van der Waals surface area contributed by atoms with Gasteiger partial charge in [-0.2, -0.15) is 0 Å². The van der Waals surface area contributed by atoms with E-state index in [0.717, 1.165) is 83.5 Å². The van der Waals surface area contributed by atoms with Crippen LogP contribution in [0.5, 0.6) is 0 Å². The van der Waals surface area contributed by atoms with Gasteiger partial charge < -0.3 is 45.1 Å². The van der Waals surface area contributed by atoms with Crippen LogP contribution in [0.3, 0.4) is 0 Å². The lowest BCUT2D eigenvalue weighted by Crippen LogP contribution is -2.60. The number of rotatable bonds is 46. The molecule has 1 heterocycles. The predicted molar refractivity (Wildman–Crippen MR) is 274 cm³/mol. The van der Waals surface area contributed by atoms with E-state index in [0.29, 0.717) is 19.4 Å². The molecule has 0 aromatic heterocycles. The quantitative estimate of drug-likeness (QED) is 0.0196. The van der Waals surface area contributed by atoms with Gasteiger partial charge in [0.2, 0.25) is 5.91 Å². The molecular weight excluding hydrogens is 847 g/mol. The molecule has 0 aliphatic carbocycles. The molecule has 6 N–H and O–H groups in total. The maximum absolute atomic E-state index is 13.0. The van der Waals surface area contributed by atoms with Gasteiger partial charge in [0, 0.05) is 12.8 Å². The predicted octanol–water partition coefficient (Wildman–Crippen LogP) is 11.7. The van der Waals surface area contributed by atoms with Crippen LogP contribution in [0, 0.1) is 0 Å². The lowest BCUT2D eigenvalue weighted by Gasteiger charge is -2.40. The maximum Gasteiger partial charge on any atom is 0.305 e. The molecular formula is C56H101NO10. The molecule has 11 heteroatoms. The first-order chi connectivity index (χ1) is 32.7. The topological polar surface area (TPSA) is 175 Å². The molecule has 1 amide bonds. The van der Waals surface area contributed by atoms with E-state index in [1.54, 1.807) is 6.08 Å². The van der Waals surface area contributed by atoms with E-state index in [9.17, 15) is 35.1 Å². The second-order valence-corrected chi connectivity index (χ2v) is 18.9. The molecule has 0 spiro atoms. The lowest BCUT2D eigenvalue weighted by atomic mass is 9.99. The number of nitrogens with one attached hydrogen (secondary N) is 1. The van der Waals surface area contributed by atoms with Gasteiger partial charge in [-0.25, -0.2) is 0 Å². The van der Waals surface area contributed by atoms with E-state index in [-0.39, 0.29) is 18.5 Å². The number of carbonyl (C=O) groups excluding carboxylic acids is 2. The van der Waals surface area contributed by atoms with Crippen molar-refractivity contribution in [1.82, 2.24) is 5.32 Å². The van der Waals surface area contributed by atoms with Gasteiger partial charge in [0.15, 0.2) is 6.29 Å². The molecule has 11 nitrogen and oxygen atoms in total. The Kier molecular flexibility index (Phi) is 43.0. The summed E-state index contributed by atoms with van der Waals surface area (Å²) in [6.45, 7) is 4.21. The zero-order chi connectivity index (χ0) is 48.8. The van der Waals surface area contributed by atoms with Crippen molar-refractivity contribution >= 4 is 11.9 Å². The number of hydrogen-bond donors (Lipinski definition) is 6. The third kappa shape index (κ3) is 36.3. The monoisotopic (exact) mass is 948 g/mol. The number of hydrogen-bond acceptors (Lipinski definition) is 10. The molecule has 7 atom stereocenters. The third-order valence-electron chi connectivity index (χ3n) is 12.6. The lowest BCUT2D eigenvalue weighted by molar-refractivity contribution is -0.302. The Hall–Kier alpha value is -2.38. The van der Waals surface area contributed by atoms with Crippen molar-refractivity contribution in [3.8, 4) is 0 Å². The molecule has 7 unspecified atom stereocenters. The van der Waals surface area contributed by atoms with Gasteiger partial charge in [-0.1, -0.05) is 191 Å². The summed E-state index contributed by atoms with van der Waals surface area (Å²) in [7, 11) is 0. The molecule has 0 saturated carbocycles. The van der Waals surface area contributed by atoms with E-state index >= 15 is 0 Å². The average molecular weight is 948 g/mol. The minimum Gasteiger partial charge on any atom is -0.466 e. The Balaban J connectivity index is 2.20. The Morgan fingerprint density at radius 1 is 0.537 bits per heavy atom. The normalized spacial score (nSPS) is 19.9. The molecule has 1 aliphatic heterocycles. The van der Waals surface area contributed by atoms with E-state index < -0.39 is 49.5 Å². The summed E-state index contributed by atoms with van der Waals surface area (Å²) in [5.74, 6) is -0.245. The highest BCUT2D eigenvalue weighted by Gasteiger charge is 2.44. The van der Waals surface area contributed by atoms with Crippen molar-refractivity contribution in [2.24, 2.45) is 0 Å². The third-order valence-corrected chi connectivity index (χ3v) is 12.6. The zero-order valence-corrected chi connectivity index (χ0v) is 42.6. The van der Waals surface area contributed by atoms with Gasteiger partial charge in [0.1, 0.15) is 24.4 Å². The van der Waals surface area contributed by atoms with E-state index in [1.807, 2.05) is 6.08 Å². The van der Waals surface area contributed by atoms with Crippen LogP contribution in [0.2, 0.25) is 0 Å². The fourth-order valence-corrected chi connectivity index (χ4v) is 8.21. The van der Waals surface area contributed by atoms with Gasteiger partial charge in [-0.05, 0) is 77.0 Å². The Labute approximate surface area is 408 Å². The van der Waals surface area contributed by atoms with Crippen molar-refractivity contribution < 1.29 is 49.3 Å². The molecule has 390 valence electrons. The first kappa shape index (κ1) is 62.6. The van der Waals surface area contributed by atoms with Crippen LogP contribution in [0.1, 0.15) is 232 Å². The van der Waals surface area contributed by atoms with Crippen LogP contribution in [0.15, 0.2) is 48.6 Å². The van der Waals surface area contributed by atoms with Crippen LogP contribution in [0.4, 0.5) is 0 Å². The highest BCUT2D eigenvalue weighted by atomic mass is 16.7. The molecule has 1 aliphatic rings. The average Bonchev–Trinajstić information content (AvgIpc) is 3.32. The van der Waals surface area contributed by atoms with Gasteiger partial charge in [0.25, 0.3) is 0 Å². The zero-order valence-electron chi connectivity index (χ0n) is 42.6. The number of unbranched alkanes of at least 4 members (excludes halogenated alkanes) is 26. The van der Waals surface area contributed by atoms with Gasteiger partial charge in [-0.15, -0.1) is 0 Å². The van der Waals surface area contributed by atoms with Crippen LogP contribution in [-0.2, 0) is 23.8 Å². The van der Waals surface area contributed by atoms with E-state index in [2.05, 4.69) is 55.6 Å². The summed E-state index contributed by atoms with van der Waals surface area (Å²) in [5.41, 5.74) is 0. The Morgan fingerprint density at radius 3 is 1.52 bits per heavy atom. The summed E-state index contributed by atoms with van der Waals surface area (Å²) in [6, 6.07) is -0.843. The molecule has 0 bridgehead atoms. The number of allylic oxidation sites excluding steroid dienone is 7. The number of aliphatic hydroxyl groups excluding tert-OH is 5. The molecule has 67 heavy (non-hydrogen) atoms. The number of amides is 1. The highest BCUT2D eigenvalue weighted by Crippen LogP contribution is 2.23. The maximum atomic E-state index is 13.0.